The number of rotatable bonds is 12. The second-order valence-corrected chi connectivity index (χ2v) is 7.85. The van der Waals surface area contributed by atoms with Gasteiger partial charge in [0, 0.05) is 38.5 Å². The van der Waals surface area contributed by atoms with Gasteiger partial charge in [0.25, 0.3) is 0 Å². The summed E-state index contributed by atoms with van der Waals surface area (Å²) < 4.78 is 11.1. The average molecular weight is 448 g/mol. The molecule has 3 rings (SSSR count). The molecule has 0 aromatic heterocycles. The van der Waals surface area contributed by atoms with Crippen molar-refractivity contribution in [2.75, 3.05) is 26.3 Å². The van der Waals surface area contributed by atoms with Gasteiger partial charge in [0.05, 0.1) is 38.5 Å². The normalized spacial score (nSPS) is 18.4. The lowest BCUT2D eigenvalue weighted by molar-refractivity contribution is -0.141. The maximum absolute atomic E-state index is 11.6. The second kappa shape index (κ2) is 11.1. The third kappa shape index (κ3) is 6.51. The maximum Gasteiger partial charge on any atom is 0.229 e. The molecule has 174 valence electrons. The Balaban J connectivity index is 1.31. The first-order valence-electron chi connectivity index (χ1n) is 10.7. The molecule has 2 aliphatic rings. The fourth-order valence-corrected chi connectivity index (χ4v) is 3.51. The van der Waals surface area contributed by atoms with Crippen LogP contribution in [0.1, 0.15) is 38.5 Å². The summed E-state index contributed by atoms with van der Waals surface area (Å²) in [6, 6.07) is 6.81. The summed E-state index contributed by atoms with van der Waals surface area (Å²) in [5.74, 6) is 0.132. The summed E-state index contributed by atoms with van der Waals surface area (Å²) in [6.07, 6.45) is -0.340. The average Bonchev–Trinajstić information content (AvgIpc) is 3.25. The molecule has 32 heavy (non-hydrogen) atoms. The highest BCUT2D eigenvalue weighted by atomic mass is 16.5. The van der Waals surface area contributed by atoms with Crippen molar-refractivity contribution in [1.29, 1.82) is 0 Å². The molecule has 0 spiro atoms. The van der Waals surface area contributed by atoms with E-state index in [9.17, 15) is 29.4 Å². The van der Waals surface area contributed by atoms with Crippen molar-refractivity contribution in [1.82, 2.24) is 9.80 Å². The van der Waals surface area contributed by atoms with Crippen LogP contribution in [0.15, 0.2) is 24.3 Å². The van der Waals surface area contributed by atoms with Crippen LogP contribution >= 0.6 is 0 Å². The Morgan fingerprint density at radius 2 is 0.969 bits per heavy atom. The van der Waals surface area contributed by atoms with Gasteiger partial charge in [-0.3, -0.25) is 29.0 Å². The van der Waals surface area contributed by atoms with Crippen LogP contribution in [-0.4, -0.2) is 82.2 Å². The van der Waals surface area contributed by atoms with Gasteiger partial charge in [0.1, 0.15) is 11.5 Å². The van der Waals surface area contributed by atoms with Crippen molar-refractivity contribution in [3.05, 3.63) is 24.3 Å². The number of hydrogen-bond acceptors (Lipinski definition) is 8. The standard InChI is InChI=1S/C22H28N2O8/c25-15(13-23-19(27)5-6-20(23)28)9-11-31-17-1-2-18(4-3-17)32-12-10-16(26)14-24-21(29)7-8-22(24)30/h1-4,15-16,25-26H,5-14H2/t15-,16-/m1/s1. The molecule has 0 radical (unpaired) electrons. The highest BCUT2D eigenvalue weighted by molar-refractivity contribution is 6.02. The number of β-amino-alcohol motifs (C(OH)–C–C–N with tert-alkyl or cyclic N) is 2. The molecule has 0 bridgehead atoms. The van der Waals surface area contributed by atoms with Crippen molar-refractivity contribution in [2.24, 2.45) is 0 Å². The van der Waals surface area contributed by atoms with Gasteiger partial charge in [-0.25, -0.2) is 0 Å². The van der Waals surface area contributed by atoms with Crippen LogP contribution in [-0.2, 0) is 19.2 Å². The zero-order valence-electron chi connectivity index (χ0n) is 17.8. The van der Waals surface area contributed by atoms with Gasteiger partial charge >= 0.3 is 0 Å². The first kappa shape index (κ1) is 23.7. The molecule has 10 heteroatoms. The summed E-state index contributed by atoms with van der Waals surface area (Å²) in [4.78, 5) is 48.5. The van der Waals surface area contributed by atoms with E-state index in [0.29, 0.717) is 11.5 Å². The summed E-state index contributed by atoms with van der Waals surface area (Å²) in [5.41, 5.74) is 0. The van der Waals surface area contributed by atoms with Gasteiger partial charge in [0.15, 0.2) is 0 Å². The number of carbonyl (C=O) groups excluding carboxylic acids is 4. The molecule has 2 heterocycles. The van der Waals surface area contributed by atoms with Crippen LogP contribution in [0.2, 0.25) is 0 Å². The summed E-state index contributed by atoms with van der Waals surface area (Å²) in [7, 11) is 0. The molecule has 2 atom stereocenters. The molecule has 0 saturated carbocycles. The van der Waals surface area contributed by atoms with Crippen LogP contribution in [0.3, 0.4) is 0 Å². The Kier molecular flexibility index (Phi) is 8.18. The topological polar surface area (TPSA) is 134 Å². The molecule has 2 saturated heterocycles. The molecule has 1 aromatic carbocycles. The smallest absolute Gasteiger partial charge is 0.229 e. The predicted octanol–water partition coefficient (Wildman–Crippen LogP) is 0.244. The third-order valence-electron chi connectivity index (χ3n) is 5.36. The molecule has 2 N–H and O–H groups in total. The Morgan fingerprint density at radius 3 is 1.28 bits per heavy atom. The summed E-state index contributed by atoms with van der Waals surface area (Å²) in [5, 5.41) is 20.0. The second-order valence-electron chi connectivity index (χ2n) is 7.85. The first-order valence-corrected chi connectivity index (χ1v) is 10.7. The zero-order chi connectivity index (χ0) is 23.1. The fourth-order valence-electron chi connectivity index (χ4n) is 3.51. The number of imide groups is 2. The number of aliphatic hydroxyl groups excluding tert-OH is 2. The quantitative estimate of drug-likeness (QED) is 0.435. The molecule has 2 fully saturated rings. The van der Waals surface area contributed by atoms with Gasteiger partial charge in [0.2, 0.25) is 23.6 Å². The summed E-state index contributed by atoms with van der Waals surface area (Å²) >= 11 is 0. The van der Waals surface area contributed by atoms with E-state index in [4.69, 9.17) is 9.47 Å². The number of amides is 4. The minimum atomic E-state index is -0.846. The van der Waals surface area contributed by atoms with Crippen LogP contribution in [0.4, 0.5) is 0 Å². The number of ether oxygens (including phenoxy) is 2. The molecule has 10 nitrogen and oxygen atoms in total. The van der Waals surface area contributed by atoms with Gasteiger partial charge in [-0.15, -0.1) is 0 Å². The number of carbonyl (C=O) groups is 4. The minimum Gasteiger partial charge on any atom is -0.493 e. The lowest BCUT2D eigenvalue weighted by Gasteiger charge is -2.19. The van der Waals surface area contributed by atoms with E-state index in [1.54, 1.807) is 24.3 Å². The lowest BCUT2D eigenvalue weighted by Crippen LogP contribution is -2.37. The minimum absolute atomic E-state index is 0.0142. The van der Waals surface area contributed by atoms with Crippen LogP contribution in [0.5, 0.6) is 11.5 Å². The predicted molar refractivity (Wildman–Crippen MR) is 111 cm³/mol. The fraction of sp³-hybridized carbons (Fsp3) is 0.545. The molecule has 0 aliphatic carbocycles. The van der Waals surface area contributed by atoms with Gasteiger partial charge in [-0.05, 0) is 24.3 Å². The highest BCUT2D eigenvalue weighted by Crippen LogP contribution is 2.19. The van der Waals surface area contributed by atoms with Crippen molar-refractivity contribution in [3.8, 4) is 11.5 Å². The van der Waals surface area contributed by atoms with Crippen LogP contribution in [0.25, 0.3) is 0 Å². The van der Waals surface area contributed by atoms with E-state index < -0.39 is 12.2 Å². The van der Waals surface area contributed by atoms with Crippen LogP contribution in [0, 0.1) is 0 Å². The lowest BCUT2D eigenvalue weighted by atomic mass is 10.2. The highest BCUT2D eigenvalue weighted by Gasteiger charge is 2.31. The van der Waals surface area contributed by atoms with Gasteiger partial charge < -0.3 is 19.7 Å². The number of nitrogens with zero attached hydrogens (tertiary/aromatic N) is 2. The van der Waals surface area contributed by atoms with E-state index in [0.717, 1.165) is 9.80 Å². The van der Waals surface area contributed by atoms with E-state index in [2.05, 4.69) is 0 Å². The van der Waals surface area contributed by atoms with E-state index >= 15 is 0 Å². The monoisotopic (exact) mass is 448 g/mol. The molecule has 4 amide bonds. The molecule has 0 unspecified atom stereocenters. The van der Waals surface area contributed by atoms with Crippen LogP contribution < -0.4 is 9.47 Å². The first-order chi connectivity index (χ1) is 15.3. The van der Waals surface area contributed by atoms with Crippen molar-refractivity contribution >= 4 is 23.6 Å². The molecular formula is C22H28N2O8. The van der Waals surface area contributed by atoms with Crippen molar-refractivity contribution in [2.45, 2.75) is 50.7 Å². The van der Waals surface area contributed by atoms with E-state index in [1.807, 2.05) is 0 Å². The number of benzene rings is 1. The van der Waals surface area contributed by atoms with E-state index in [1.165, 1.54) is 0 Å². The number of likely N-dealkylation sites (tertiary alicyclic amines) is 2. The van der Waals surface area contributed by atoms with Gasteiger partial charge in [-0.2, -0.15) is 0 Å². The van der Waals surface area contributed by atoms with E-state index in [-0.39, 0.29) is 88.5 Å². The van der Waals surface area contributed by atoms with Crippen molar-refractivity contribution < 1.29 is 38.9 Å². The zero-order valence-corrected chi connectivity index (χ0v) is 17.8. The molecular weight excluding hydrogens is 420 g/mol. The van der Waals surface area contributed by atoms with Gasteiger partial charge in [-0.1, -0.05) is 0 Å². The Labute approximate surface area is 185 Å². The Bertz CT molecular complexity index is 740. The number of hydrogen-bond donors (Lipinski definition) is 2. The summed E-state index contributed by atoms with van der Waals surface area (Å²) in [6.45, 7) is 0.412. The van der Waals surface area contributed by atoms with Crippen molar-refractivity contribution in [3.63, 3.8) is 0 Å². The Hall–Kier alpha value is -2.98. The SMILES string of the molecule is O=C1CCC(=O)N1C[C@H](O)CCOc1ccc(OCC[C@@H](O)CN2C(=O)CCC2=O)cc1. The Morgan fingerprint density at radius 1 is 0.656 bits per heavy atom. The molecule has 1 aromatic rings. The third-order valence-corrected chi connectivity index (χ3v) is 5.36. The maximum atomic E-state index is 11.6. The number of aliphatic hydroxyl groups is 2. The largest absolute Gasteiger partial charge is 0.493 e. The molecule has 2 aliphatic heterocycles.